The van der Waals surface area contributed by atoms with E-state index >= 15 is 0 Å². The van der Waals surface area contributed by atoms with E-state index in [1.807, 2.05) is 6.07 Å². The molecule has 0 bridgehead atoms. The van der Waals surface area contributed by atoms with Gasteiger partial charge in [0.1, 0.15) is 0 Å². The molecule has 3 nitrogen and oxygen atoms in total. The van der Waals surface area contributed by atoms with E-state index in [0.717, 1.165) is 5.56 Å². The Labute approximate surface area is 79.8 Å². The molecular weight excluding hydrogens is 194 g/mol. The first-order valence-electron chi connectivity index (χ1n) is 3.25. The van der Waals surface area contributed by atoms with Gasteiger partial charge in [0.05, 0.1) is 5.02 Å². The topological polar surface area (TPSA) is 62.8 Å². The fraction of sp³-hybridized carbons (Fsp3) is 0.143. The molecule has 12 heavy (non-hydrogen) atoms. The van der Waals surface area contributed by atoms with E-state index in [-0.39, 0.29) is 5.17 Å². The van der Waals surface area contributed by atoms with Crippen LogP contribution in [0.5, 0.6) is 0 Å². The Morgan fingerprint density at radius 1 is 1.75 bits per heavy atom. The molecule has 0 amide bonds. The summed E-state index contributed by atoms with van der Waals surface area (Å²) in [6, 6.07) is 1.82. The molecule has 0 aliphatic rings. The van der Waals surface area contributed by atoms with E-state index in [9.17, 15) is 0 Å². The summed E-state index contributed by atoms with van der Waals surface area (Å²) in [4.78, 5) is 3.85. The van der Waals surface area contributed by atoms with Gasteiger partial charge in [0.25, 0.3) is 0 Å². The van der Waals surface area contributed by atoms with Crippen LogP contribution < -0.4 is 5.73 Å². The highest BCUT2D eigenvalue weighted by atomic mass is 35.5. The van der Waals surface area contributed by atoms with Gasteiger partial charge in [-0.2, -0.15) is 0 Å². The Morgan fingerprint density at radius 2 is 2.50 bits per heavy atom. The van der Waals surface area contributed by atoms with E-state index in [1.54, 1.807) is 12.4 Å². The SMILES string of the molecule is N=C(N)SCc1ccncc1Cl. The Kier molecular flexibility index (Phi) is 3.37. The van der Waals surface area contributed by atoms with Gasteiger partial charge < -0.3 is 5.73 Å². The summed E-state index contributed by atoms with van der Waals surface area (Å²) in [7, 11) is 0. The molecule has 1 heterocycles. The van der Waals surface area contributed by atoms with Crippen molar-refractivity contribution < 1.29 is 0 Å². The summed E-state index contributed by atoms with van der Waals surface area (Å²) in [5.41, 5.74) is 6.13. The van der Waals surface area contributed by atoms with Gasteiger partial charge in [0, 0.05) is 18.1 Å². The maximum Gasteiger partial charge on any atom is 0.151 e. The lowest BCUT2D eigenvalue weighted by Gasteiger charge is -2.00. The third kappa shape index (κ3) is 2.71. The fourth-order valence-electron chi connectivity index (χ4n) is 0.677. The highest BCUT2D eigenvalue weighted by Gasteiger charge is 1.99. The first-order valence-corrected chi connectivity index (χ1v) is 4.61. The predicted molar refractivity (Wildman–Crippen MR) is 52.5 cm³/mol. The van der Waals surface area contributed by atoms with Crippen LogP contribution in [0.15, 0.2) is 18.5 Å². The van der Waals surface area contributed by atoms with Gasteiger partial charge >= 0.3 is 0 Å². The maximum atomic E-state index is 7.00. The molecule has 0 saturated carbocycles. The van der Waals surface area contributed by atoms with Crippen LogP contribution in [0.4, 0.5) is 0 Å². The minimum atomic E-state index is 0.0999. The average molecular weight is 202 g/mol. The number of halogens is 1. The molecule has 0 radical (unpaired) electrons. The number of hydrogen-bond donors (Lipinski definition) is 2. The first-order chi connectivity index (χ1) is 5.70. The molecule has 0 aromatic carbocycles. The maximum absolute atomic E-state index is 7.00. The van der Waals surface area contributed by atoms with Crippen LogP contribution in [0.1, 0.15) is 5.56 Å². The Morgan fingerprint density at radius 3 is 3.08 bits per heavy atom. The van der Waals surface area contributed by atoms with Gasteiger partial charge in [-0.25, -0.2) is 0 Å². The fourth-order valence-corrected chi connectivity index (χ4v) is 1.50. The van der Waals surface area contributed by atoms with Crippen LogP contribution in [0.25, 0.3) is 0 Å². The average Bonchev–Trinajstić information content (AvgIpc) is 2.03. The number of nitrogens with two attached hydrogens (primary N) is 1. The van der Waals surface area contributed by atoms with Crippen LogP contribution in [0, 0.1) is 5.41 Å². The van der Waals surface area contributed by atoms with Crippen molar-refractivity contribution in [1.82, 2.24) is 4.98 Å². The van der Waals surface area contributed by atoms with E-state index < -0.39 is 0 Å². The molecule has 1 aromatic rings. The molecule has 0 atom stereocenters. The van der Waals surface area contributed by atoms with Gasteiger partial charge in [-0.05, 0) is 11.6 Å². The minimum absolute atomic E-state index is 0.0999. The molecule has 1 aromatic heterocycles. The third-order valence-electron chi connectivity index (χ3n) is 1.24. The van der Waals surface area contributed by atoms with Crippen LogP contribution in [0.3, 0.4) is 0 Å². The van der Waals surface area contributed by atoms with Crippen LogP contribution in [-0.2, 0) is 5.75 Å². The van der Waals surface area contributed by atoms with Gasteiger partial charge in [0.2, 0.25) is 0 Å². The molecule has 0 fully saturated rings. The van der Waals surface area contributed by atoms with Gasteiger partial charge in [0.15, 0.2) is 5.17 Å². The quantitative estimate of drug-likeness (QED) is 0.567. The van der Waals surface area contributed by atoms with Crippen molar-refractivity contribution in [2.24, 2.45) is 5.73 Å². The smallest absolute Gasteiger partial charge is 0.151 e. The van der Waals surface area contributed by atoms with Crippen molar-refractivity contribution >= 4 is 28.5 Å². The first kappa shape index (κ1) is 9.35. The Balaban J connectivity index is 2.63. The molecule has 0 aliphatic heterocycles. The number of nitrogens with one attached hydrogen (secondary N) is 1. The highest BCUT2D eigenvalue weighted by Crippen LogP contribution is 2.18. The minimum Gasteiger partial charge on any atom is -0.379 e. The number of pyridine rings is 1. The molecule has 64 valence electrons. The van der Waals surface area contributed by atoms with E-state index in [1.165, 1.54) is 11.8 Å². The Hall–Kier alpha value is -0.740. The second kappa shape index (κ2) is 4.33. The van der Waals surface area contributed by atoms with Gasteiger partial charge in [-0.3, -0.25) is 10.4 Å². The number of thioether (sulfide) groups is 1. The Bertz CT molecular complexity index is 290. The normalized spacial score (nSPS) is 9.75. The van der Waals surface area contributed by atoms with E-state index in [2.05, 4.69) is 4.98 Å². The zero-order chi connectivity index (χ0) is 8.97. The van der Waals surface area contributed by atoms with E-state index in [0.29, 0.717) is 10.8 Å². The molecule has 0 spiro atoms. The molecule has 0 saturated heterocycles. The second-order valence-electron chi connectivity index (χ2n) is 2.12. The number of nitrogens with zero attached hydrogens (tertiary/aromatic N) is 1. The molecular formula is C7H8ClN3S. The van der Waals surface area contributed by atoms with E-state index in [4.69, 9.17) is 22.7 Å². The molecule has 0 aliphatic carbocycles. The van der Waals surface area contributed by atoms with Crippen molar-refractivity contribution in [3.05, 3.63) is 29.0 Å². The lowest BCUT2D eigenvalue weighted by Crippen LogP contribution is -2.03. The predicted octanol–water partition coefficient (Wildman–Crippen LogP) is 1.86. The van der Waals surface area contributed by atoms with Crippen molar-refractivity contribution in [2.75, 3.05) is 0 Å². The standard InChI is InChI=1S/C7H8ClN3S/c8-6-3-11-2-1-5(6)4-12-7(9)10/h1-3H,4H2,(H3,9,10). The number of hydrogen-bond acceptors (Lipinski definition) is 3. The van der Waals surface area contributed by atoms with Crippen molar-refractivity contribution in [1.29, 1.82) is 5.41 Å². The number of aromatic nitrogens is 1. The molecule has 1 rings (SSSR count). The highest BCUT2D eigenvalue weighted by molar-refractivity contribution is 8.13. The second-order valence-corrected chi connectivity index (χ2v) is 3.54. The van der Waals surface area contributed by atoms with Crippen molar-refractivity contribution in [3.8, 4) is 0 Å². The lowest BCUT2D eigenvalue weighted by atomic mass is 10.3. The van der Waals surface area contributed by atoms with Crippen molar-refractivity contribution in [3.63, 3.8) is 0 Å². The summed E-state index contributed by atoms with van der Waals surface area (Å²) >= 11 is 7.07. The summed E-state index contributed by atoms with van der Waals surface area (Å²) in [5.74, 6) is 0.622. The zero-order valence-electron chi connectivity index (χ0n) is 6.25. The molecule has 5 heteroatoms. The van der Waals surface area contributed by atoms with Crippen molar-refractivity contribution in [2.45, 2.75) is 5.75 Å². The molecule has 3 N–H and O–H groups in total. The summed E-state index contributed by atoms with van der Waals surface area (Å²) in [6.07, 6.45) is 3.25. The van der Waals surface area contributed by atoms with Gasteiger partial charge in [-0.15, -0.1) is 0 Å². The third-order valence-corrected chi connectivity index (χ3v) is 2.35. The largest absolute Gasteiger partial charge is 0.379 e. The molecule has 0 unspecified atom stereocenters. The lowest BCUT2D eigenvalue weighted by molar-refractivity contribution is 1.27. The summed E-state index contributed by atoms with van der Waals surface area (Å²) < 4.78 is 0. The van der Waals surface area contributed by atoms with Crippen LogP contribution in [-0.4, -0.2) is 10.2 Å². The zero-order valence-corrected chi connectivity index (χ0v) is 7.82. The van der Waals surface area contributed by atoms with Crippen LogP contribution in [0.2, 0.25) is 5.02 Å². The monoisotopic (exact) mass is 201 g/mol. The number of amidine groups is 1. The number of rotatable bonds is 2. The summed E-state index contributed by atoms with van der Waals surface area (Å²) in [6.45, 7) is 0. The van der Waals surface area contributed by atoms with Gasteiger partial charge in [-0.1, -0.05) is 23.4 Å². The summed E-state index contributed by atoms with van der Waals surface area (Å²) in [5, 5.41) is 7.71. The van der Waals surface area contributed by atoms with Crippen LogP contribution >= 0.6 is 23.4 Å².